The van der Waals surface area contributed by atoms with Gasteiger partial charge in [0, 0.05) is 6.08 Å². The van der Waals surface area contributed by atoms with Gasteiger partial charge in [-0.25, -0.2) is 14.4 Å². The van der Waals surface area contributed by atoms with Crippen LogP contribution in [0.15, 0.2) is 36.0 Å². The molecule has 0 aromatic heterocycles. The van der Waals surface area contributed by atoms with Crippen LogP contribution in [0.2, 0.25) is 0 Å². The second-order valence-corrected chi connectivity index (χ2v) is 2.43. The Morgan fingerprint density at radius 1 is 1.36 bits per heavy atom. The van der Waals surface area contributed by atoms with Gasteiger partial charge in [-0.3, -0.25) is 0 Å². The molecule has 1 heterocycles. The molecule has 0 unspecified atom stereocenters. The molecule has 14 heavy (non-hydrogen) atoms. The molecular weight excluding hydrogens is 188 g/mol. The van der Waals surface area contributed by atoms with E-state index in [-0.39, 0.29) is 11.1 Å². The van der Waals surface area contributed by atoms with Gasteiger partial charge < -0.3 is 9.84 Å². The van der Waals surface area contributed by atoms with Gasteiger partial charge in [0.15, 0.2) is 0 Å². The molecule has 0 aliphatic carbocycles. The van der Waals surface area contributed by atoms with Crippen molar-refractivity contribution in [2.75, 3.05) is 0 Å². The third kappa shape index (κ3) is 1.95. The van der Waals surface area contributed by atoms with E-state index in [1.54, 1.807) is 0 Å². The van der Waals surface area contributed by atoms with Gasteiger partial charge in [0.2, 0.25) is 0 Å². The number of carboxylic acids is 1. The molecule has 1 aliphatic rings. The number of carbonyl (C=O) groups excluding carboxylic acids is 2. The summed E-state index contributed by atoms with van der Waals surface area (Å²) >= 11 is 0. The highest BCUT2D eigenvalue weighted by Crippen LogP contribution is 2.19. The van der Waals surface area contributed by atoms with E-state index in [2.05, 4.69) is 11.3 Å². The predicted molar refractivity (Wildman–Crippen MR) is 45.1 cm³/mol. The van der Waals surface area contributed by atoms with Crippen molar-refractivity contribution in [2.24, 2.45) is 0 Å². The molecular formula is C9H6O5. The van der Waals surface area contributed by atoms with Crippen LogP contribution in [0.1, 0.15) is 0 Å². The summed E-state index contributed by atoms with van der Waals surface area (Å²) in [7, 11) is 0. The quantitative estimate of drug-likeness (QED) is 0.385. The summed E-state index contributed by atoms with van der Waals surface area (Å²) in [5.74, 6) is -2.76. The lowest BCUT2D eigenvalue weighted by Crippen LogP contribution is -1.96. The normalized spacial score (nSPS) is 19.4. The molecule has 1 aliphatic heterocycles. The highest BCUT2D eigenvalue weighted by atomic mass is 16.6. The van der Waals surface area contributed by atoms with Crippen molar-refractivity contribution in [1.82, 2.24) is 0 Å². The largest absolute Gasteiger partial charge is 0.478 e. The average Bonchev–Trinajstić information content (AvgIpc) is 2.31. The Hall–Kier alpha value is -2.17. The van der Waals surface area contributed by atoms with E-state index in [0.717, 1.165) is 12.2 Å². The zero-order valence-electron chi connectivity index (χ0n) is 7.02. The second kappa shape index (κ2) is 3.69. The number of ether oxygens (including phenoxy) is 1. The number of esters is 2. The molecule has 0 radical (unpaired) electrons. The Bertz CT molecular complexity index is 386. The number of aliphatic carboxylic acids is 1. The van der Waals surface area contributed by atoms with Crippen molar-refractivity contribution in [3.63, 3.8) is 0 Å². The van der Waals surface area contributed by atoms with Crippen LogP contribution in [-0.2, 0) is 19.1 Å². The first-order valence-electron chi connectivity index (χ1n) is 3.59. The van der Waals surface area contributed by atoms with E-state index in [1.165, 1.54) is 6.08 Å². The van der Waals surface area contributed by atoms with Crippen LogP contribution < -0.4 is 0 Å². The van der Waals surface area contributed by atoms with Crippen molar-refractivity contribution in [2.45, 2.75) is 0 Å². The molecule has 5 heteroatoms. The van der Waals surface area contributed by atoms with Crippen molar-refractivity contribution in [1.29, 1.82) is 0 Å². The number of cyclic esters (lactones) is 2. The Morgan fingerprint density at radius 3 is 2.43 bits per heavy atom. The van der Waals surface area contributed by atoms with Crippen molar-refractivity contribution >= 4 is 17.9 Å². The molecule has 1 fully saturated rings. The van der Waals surface area contributed by atoms with Crippen LogP contribution in [-0.4, -0.2) is 23.0 Å². The monoisotopic (exact) mass is 194 g/mol. The summed E-state index contributed by atoms with van der Waals surface area (Å²) in [6, 6.07) is 0. The third-order valence-corrected chi connectivity index (χ3v) is 1.48. The standard InChI is InChI=1S/C9H6O5/c1-5-6(3-2-4-7(10)11)9(13)14-8(5)12/h2-4H,1H2,(H,10,11)/b4-2+,6-3+. The molecule has 5 nitrogen and oxygen atoms in total. The molecule has 0 bridgehead atoms. The van der Waals surface area contributed by atoms with E-state index in [4.69, 9.17) is 5.11 Å². The summed E-state index contributed by atoms with van der Waals surface area (Å²) < 4.78 is 4.22. The smallest absolute Gasteiger partial charge is 0.346 e. The van der Waals surface area contributed by atoms with Crippen molar-refractivity contribution < 1.29 is 24.2 Å². The van der Waals surface area contributed by atoms with Crippen LogP contribution in [0.3, 0.4) is 0 Å². The molecule has 0 amide bonds. The second-order valence-electron chi connectivity index (χ2n) is 2.43. The van der Waals surface area contributed by atoms with E-state index >= 15 is 0 Å². The SMILES string of the molecule is C=C1C(=O)OC(=O)/C1=C/C=C/C(=O)O. The van der Waals surface area contributed by atoms with Crippen molar-refractivity contribution in [3.8, 4) is 0 Å². The summed E-state index contributed by atoms with van der Waals surface area (Å²) in [6.45, 7) is 3.32. The number of hydrogen-bond donors (Lipinski definition) is 1. The van der Waals surface area contributed by atoms with Gasteiger partial charge in [-0.15, -0.1) is 0 Å². The zero-order chi connectivity index (χ0) is 10.7. The summed E-state index contributed by atoms with van der Waals surface area (Å²) in [5, 5.41) is 8.25. The van der Waals surface area contributed by atoms with Gasteiger partial charge in [0.25, 0.3) is 0 Å². The third-order valence-electron chi connectivity index (χ3n) is 1.48. The zero-order valence-corrected chi connectivity index (χ0v) is 7.02. The number of rotatable bonds is 2. The molecule has 0 saturated carbocycles. The fourth-order valence-corrected chi connectivity index (χ4v) is 0.829. The van der Waals surface area contributed by atoms with Crippen LogP contribution in [0.5, 0.6) is 0 Å². The topological polar surface area (TPSA) is 80.7 Å². The van der Waals surface area contributed by atoms with Crippen LogP contribution in [0, 0.1) is 0 Å². The minimum Gasteiger partial charge on any atom is -0.478 e. The van der Waals surface area contributed by atoms with E-state index < -0.39 is 17.9 Å². The predicted octanol–water partition coefficient (Wildman–Crippen LogP) is 0.193. The fraction of sp³-hybridized carbons (Fsp3) is 0. The minimum absolute atomic E-state index is 0.0208. The Kier molecular flexibility index (Phi) is 2.62. The summed E-state index contributed by atoms with van der Waals surface area (Å²) in [6.07, 6.45) is 3.13. The average molecular weight is 194 g/mol. The molecule has 0 aromatic rings. The number of carboxylic acid groups (broad SMARTS) is 1. The van der Waals surface area contributed by atoms with Gasteiger partial charge in [-0.05, 0) is 6.08 Å². The van der Waals surface area contributed by atoms with E-state index in [9.17, 15) is 14.4 Å². The van der Waals surface area contributed by atoms with Crippen LogP contribution in [0.4, 0.5) is 0 Å². The maximum absolute atomic E-state index is 10.9. The highest BCUT2D eigenvalue weighted by molar-refractivity contribution is 6.17. The lowest BCUT2D eigenvalue weighted by atomic mass is 10.1. The fourth-order valence-electron chi connectivity index (χ4n) is 0.829. The lowest BCUT2D eigenvalue weighted by Gasteiger charge is -1.85. The van der Waals surface area contributed by atoms with Gasteiger partial charge in [-0.2, -0.15) is 0 Å². The molecule has 1 rings (SSSR count). The summed E-state index contributed by atoms with van der Waals surface area (Å²) in [5.41, 5.74) is -0.0856. The van der Waals surface area contributed by atoms with Crippen LogP contribution >= 0.6 is 0 Å². The lowest BCUT2D eigenvalue weighted by molar-refractivity contribution is -0.149. The molecule has 1 saturated heterocycles. The van der Waals surface area contributed by atoms with Gasteiger partial charge in [-0.1, -0.05) is 12.7 Å². The number of hydrogen-bond acceptors (Lipinski definition) is 4. The first kappa shape index (κ1) is 9.91. The van der Waals surface area contributed by atoms with Gasteiger partial charge in [0.05, 0.1) is 11.1 Å². The van der Waals surface area contributed by atoms with Gasteiger partial charge >= 0.3 is 17.9 Å². The Morgan fingerprint density at radius 2 is 2.00 bits per heavy atom. The molecule has 0 aromatic carbocycles. The van der Waals surface area contributed by atoms with E-state index in [0.29, 0.717) is 0 Å². The first-order valence-corrected chi connectivity index (χ1v) is 3.59. The maximum atomic E-state index is 10.9. The molecule has 0 spiro atoms. The van der Waals surface area contributed by atoms with Crippen LogP contribution in [0.25, 0.3) is 0 Å². The number of carbonyl (C=O) groups is 3. The van der Waals surface area contributed by atoms with Crippen molar-refractivity contribution in [3.05, 3.63) is 36.0 Å². The Balaban J connectivity index is 2.88. The highest BCUT2D eigenvalue weighted by Gasteiger charge is 2.30. The Labute approximate surface area is 79.0 Å². The molecule has 1 N–H and O–H groups in total. The molecule has 72 valence electrons. The van der Waals surface area contributed by atoms with Gasteiger partial charge in [0.1, 0.15) is 0 Å². The van der Waals surface area contributed by atoms with E-state index in [1.807, 2.05) is 0 Å². The molecule has 0 atom stereocenters. The minimum atomic E-state index is -1.15. The maximum Gasteiger partial charge on any atom is 0.346 e. The summed E-state index contributed by atoms with van der Waals surface area (Å²) in [4.78, 5) is 31.8. The number of allylic oxidation sites excluding steroid dienone is 2. The first-order chi connectivity index (χ1) is 6.52.